The highest BCUT2D eigenvalue weighted by molar-refractivity contribution is 7.13. The fourth-order valence-electron chi connectivity index (χ4n) is 4.49. The van der Waals surface area contributed by atoms with Gasteiger partial charge in [-0.2, -0.15) is 0 Å². The number of carbonyl (C=O) groups excluding carboxylic acids is 2. The Bertz CT molecular complexity index is 720. The van der Waals surface area contributed by atoms with Crippen LogP contribution in [0.4, 0.5) is 5.13 Å². The SMILES string of the molecule is Nc1nc(CCC(=O)N2CCC3(CCN(CCN4CCOCC4)C3=O)C2)cs1. The number of nitrogens with two attached hydrogens (primary N) is 1. The average Bonchev–Trinajstić information content (AvgIpc) is 3.41. The first-order valence-corrected chi connectivity index (χ1v) is 11.0. The van der Waals surface area contributed by atoms with Crippen molar-refractivity contribution in [1.82, 2.24) is 19.7 Å². The number of aryl methyl sites for hydroxylation is 1. The summed E-state index contributed by atoms with van der Waals surface area (Å²) < 4.78 is 5.38. The molecule has 9 heteroatoms. The van der Waals surface area contributed by atoms with Crippen LogP contribution in [0, 0.1) is 5.41 Å². The second kappa shape index (κ2) is 8.34. The van der Waals surface area contributed by atoms with Crippen molar-refractivity contribution < 1.29 is 14.3 Å². The fourth-order valence-corrected chi connectivity index (χ4v) is 5.08. The van der Waals surface area contributed by atoms with Gasteiger partial charge in [0.15, 0.2) is 5.13 Å². The Balaban J connectivity index is 1.26. The monoisotopic (exact) mass is 407 g/mol. The Hall–Kier alpha value is -1.71. The van der Waals surface area contributed by atoms with Crippen LogP contribution in [0.25, 0.3) is 0 Å². The van der Waals surface area contributed by atoms with E-state index >= 15 is 0 Å². The van der Waals surface area contributed by atoms with E-state index in [1.807, 2.05) is 15.2 Å². The number of morpholine rings is 1. The van der Waals surface area contributed by atoms with E-state index in [1.165, 1.54) is 11.3 Å². The van der Waals surface area contributed by atoms with E-state index in [1.54, 1.807) is 0 Å². The molecule has 2 amide bonds. The van der Waals surface area contributed by atoms with E-state index in [2.05, 4.69) is 9.88 Å². The van der Waals surface area contributed by atoms with Gasteiger partial charge in [0.2, 0.25) is 11.8 Å². The molecule has 28 heavy (non-hydrogen) atoms. The van der Waals surface area contributed by atoms with Crippen molar-refractivity contribution in [3.05, 3.63) is 11.1 Å². The molecule has 0 bridgehead atoms. The molecule has 3 fully saturated rings. The summed E-state index contributed by atoms with van der Waals surface area (Å²) in [7, 11) is 0. The zero-order chi connectivity index (χ0) is 19.6. The Morgan fingerprint density at radius 1 is 1.21 bits per heavy atom. The standard InChI is InChI=1S/C19H29N5O3S/c20-18-21-15(13-28-18)1-2-16(25)24-6-4-19(14-24)3-5-23(17(19)26)8-7-22-9-11-27-12-10-22/h13H,1-12,14H2,(H2,20,21). The average molecular weight is 408 g/mol. The first-order chi connectivity index (χ1) is 13.6. The molecule has 3 aliphatic heterocycles. The maximum atomic E-state index is 13.1. The van der Waals surface area contributed by atoms with Gasteiger partial charge in [-0.05, 0) is 19.3 Å². The van der Waals surface area contributed by atoms with E-state index in [0.29, 0.717) is 31.1 Å². The number of carbonyl (C=O) groups is 2. The predicted octanol–water partition coefficient (Wildman–Crippen LogP) is 0.441. The summed E-state index contributed by atoms with van der Waals surface area (Å²) in [6.07, 6.45) is 2.68. The van der Waals surface area contributed by atoms with Crippen LogP contribution < -0.4 is 5.73 Å². The molecular weight excluding hydrogens is 378 g/mol. The molecule has 0 radical (unpaired) electrons. The van der Waals surface area contributed by atoms with Crippen molar-refractivity contribution in [1.29, 1.82) is 0 Å². The van der Waals surface area contributed by atoms with Crippen LogP contribution in [0.1, 0.15) is 25.0 Å². The lowest BCUT2D eigenvalue weighted by Crippen LogP contribution is -2.43. The normalized spacial score (nSPS) is 25.9. The van der Waals surface area contributed by atoms with Crippen LogP contribution in [0.3, 0.4) is 0 Å². The lowest BCUT2D eigenvalue weighted by Gasteiger charge is -2.29. The number of nitrogen functional groups attached to an aromatic ring is 1. The lowest BCUT2D eigenvalue weighted by atomic mass is 9.85. The van der Waals surface area contributed by atoms with Gasteiger partial charge in [-0.15, -0.1) is 11.3 Å². The van der Waals surface area contributed by atoms with Crippen LogP contribution in [-0.2, 0) is 20.7 Å². The van der Waals surface area contributed by atoms with Gasteiger partial charge in [-0.3, -0.25) is 14.5 Å². The van der Waals surface area contributed by atoms with Gasteiger partial charge in [0.05, 0.1) is 24.3 Å². The summed E-state index contributed by atoms with van der Waals surface area (Å²) in [6, 6.07) is 0. The smallest absolute Gasteiger partial charge is 0.230 e. The van der Waals surface area contributed by atoms with Crippen LogP contribution in [0.5, 0.6) is 0 Å². The number of ether oxygens (including phenoxy) is 1. The van der Waals surface area contributed by atoms with Crippen molar-refractivity contribution in [3.63, 3.8) is 0 Å². The topological polar surface area (TPSA) is 92.0 Å². The Morgan fingerprint density at radius 3 is 2.75 bits per heavy atom. The Morgan fingerprint density at radius 2 is 2.00 bits per heavy atom. The van der Waals surface area contributed by atoms with E-state index in [-0.39, 0.29) is 17.2 Å². The highest BCUT2D eigenvalue weighted by Crippen LogP contribution is 2.40. The summed E-state index contributed by atoms with van der Waals surface area (Å²) >= 11 is 1.40. The molecule has 1 aromatic heterocycles. The summed E-state index contributed by atoms with van der Waals surface area (Å²) in [5.41, 5.74) is 6.16. The summed E-state index contributed by atoms with van der Waals surface area (Å²) in [5.74, 6) is 0.353. The van der Waals surface area contributed by atoms with Crippen molar-refractivity contribution in [2.24, 2.45) is 5.41 Å². The first-order valence-electron chi connectivity index (χ1n) is 10.1. The molecule has 3 aliphatic rings. The van der Waals surface area contributed by atoms with Gasteiger partial charge in [0, 0.05) is 57.6 Å². The number of hydrogen-bond acceptors (Lipinski definition) is 7. The molecule has 1 spiro atoms. The molecular formula is C19H29N5O3S. The Kier molecular flexibility index (Phi) is 5.84. The highest BCUT2D eigenvalue weighted by Gasteiger charge is 2.51. The van der Waals surface area contributed by atoms with E-state index in [4.69, 9.17) is 10.5 Å². The van der Waals surface area contributed by atoms with Crippen LogP contribution in [-0.4, -0.2) is 90.5 Å². The minimum absolute atomic E-state index is 0.114. The van der Waals surface area contributed by atoms with Crippen LogP contribution >= 0.6 is 11.3 Å². The minimum atomic E-state index is -0.355. The number of anilines is 1. The van der Waals surface area contributed by atoms with Gasteiger partial charge >= 0.3 is 0 Å². The number of nitrogens with zero attached hydrogens (tertiary/aromatic N) is 4. The van der Waals surface area contributed by atoms with Crippen molar-refractivity contribution in [3.8, 4) is 0 Å². The number of rotatable bonds is 6. The lowest BCUT2D eigenvalue weighted by molar-refractivity contribution is -0.136. The maximum absolute atomic E-state index is 13.1. The molecule has 8 nitrogen and oxygen atoms in total. The van der Waals surface area contributed by atoms with Gasteiger partial charge in [-0.1, -0.05) is 0 Å². The molecule has 0 aromatic carbocycles. The quantitative estimate of drug-likeness (QED) is 0.736. The number of likely N-dealkylation sites (tertiary alicyclic amines) is 2. The zero-order valence-corrected chi connectivity index (χ0v) is 17.1. The largest absolute Gasteiger partial charge is 0.379 e. The third kappa shape index (κ3) is 4.16. The fraction of sp³-hybridized carbons (Fsp3) is 0.737. The van der Waals surface area contributed by atoms with Crippen molar-refractivity contribution >= 4 is 28.3 Å². The summed E-state index contributed by atoms with van der Waals surface area (Å²) in [5, 5.41) is 2.44. The van der Waals surface area contributed by atoms with Gasteiger partial charge in [0.1, 0.15) is 0 Å². The second-order valence-corrected chi connectivity index (χ2v) is 8.91. The molecule has 0 saturated carbocycles. The van der Waals surface area contributed by atoms with Gasteiger partial charge < -0.3 is 20.3 Å². The predicted molar refractivity (Wildman–Crippen MR) is 107 cm³/mol. The third-order valence-corrected chi connectivity index (χ3v) is 6.98. The highest BCUT2D eigenvalue weighted by atomic mass is 32.1. The minimum Gasteiger partial charge on any atom is -0.379 e. The molecule has 4 heterocycles. The van der Waals surface area contributed by atoms with E-state index in [0.717, 1.165) is 64.5 Å². The van der Waals surface area contributed by atoms with Crippen LogP contribution in [0.2, 0.25) is 0 Å². The third-order valence-electron chi connectivity index (χ3n) is 6.26. The molecule has 0 aliphatic carbocycles. The second-order valence-electron chi connectivity index (χ2n) is 8.02. The summed E-state index contributed by atoms with van der Waals surface area (Å²) in [4.78, 5) is 36.1. The molecule has 2 N–H and O–H groups in total. The molecule has 1 aromatic rings. The molecule has 4 rings (SSSR count). The van der Waals surface area contributed by atoms with Gasteiger partial charge in [0.25, 0.3) is 0 Å². The van der Waals surface area contributed by atoms with Crippen molar-refractivity contribution in [2.75, 3.05) is 64.8 Å². The molecule has 3 saturated heterocycles. The number of aromatic nitrogens is 1. The Labute approximate surface area is 169 Å². The first kappa shape index (κ1) is 19.6. The van der Waals surface area contributed by atoms with E-state index in [9.17, 15) is 9.59 Å². The number of hydrogen-bond donors (Lipinski definition) is 1. The maximum Gasteiger partial charge on any atom is 0.230 e. The molecule has 154 valence electrons. The summed E-state index contributed by atoms with van der Waals surface area (Å²) in [6.45, 7) is 7.19. The van der Waals surface area contributed by atoms with Crippen LogP contribution in [0.15, 0.2) is 5.38 Å². The van der Waals surface area contributed by atoms with Gasteiger partial charge in [-0.25, -0.2) is 4.98 Å². The zero-order valence-electron chi connectivity index (χ0n) is 16.3. The molecule has 1 unspecified atom stereocenters. The molecule has 1 atom stereocenters. The van der Waals surface area contributed by atoms with E-state index < -0.39 is 0 Å². The number of thiazole rings is 1. The van der Waals surface area contributed by atoms with Crippen molar-refractivity contribution in [2.45, 2.75) is 25.7 Å². The number of amides is 2.